The number of carbonyl (C=O) groups excluding carboxylic acids is 1. The summed E-state index contributed by atoms with van der Waals surface area (Å²) in [6.07, 6.45) is 0.627. The maximum absolute atomic E-state index is 12.1. The van der Waals surface area contributed by atoms with Gasteiger partial charge in [-0.25, -0.2) is 0 Å². The molecule has 108 valence electrons. The van der Waals surface area contributed by atoms with E-state index in [1.807, 2.05) is 0 Å². The van der Waals surface area contributed by atoms with Gasteiger partial charge >= 0.3 is 13.6 Å². The Labute approximate surface area is 108 Å². The average Bonchev–Trinajstić information content (AvgIpc) is 2.29. The zero-order valence-corrected chi connectivity index (χ0v) is 12.2. The van der Waals surface area contributed by atoms with Crippen LogP contribution in [0.25, 0.3) is 0 Å². The molecule has 18 heavy (non-hydrogen) atoms. The molecule has 1 unspecified atom stereocenters. The largest absolute Gasteiger partial charge is 0.465 e. The van der Waals surface area contributed by atoms with Crippen LogP contribution in [0.4, 0.5) is 0 Å². The van der Waals surface area contributed by atoms with Gasteiger partial charge in [0.25, 0.3) is 0 Å². The van der Waals surface area contributed by atoms with Crippen LogP contribution in [0.2, 0.25) is 0 Å². The second kappa shape index (κ2) is 9.50. The monoisotopic (exact) mass is 282 g/mol. The zero-order chi connectivity index (χ0) is 14.0. The fourth-order valence-corrected chi connectivity index (χ4v) is 3.16. The van der Waals surface area contributed by atoms with Crippen molar-refractivity contribution in [1.82, 2.24) is 0 Å². The van der Waals surface area contributed by atoms with Gasteiger partial charge < -0.3 is 18.9 Å². The molecule has 0 rings (SSSR count). The molecular weight excluding hydrogens is 259 g/mol. The van der Waals surface area contributed by atoms with Crippen molar-refractivity contribution in [3.63, 3.8) is 0 Å². The molecule has 0 aromatic carbocycles. The van der Waals surface area contributed by atoms with Crippen LogP contribution in [-0.2, 0) is 23.1 Å². The highest BCUT2D eigenvalue weighted by atomic mass is 31.2. The van der Waals surface area contributed by atoms with E-state index in [0.717, 1.165) is 0 Å². The fraction of sp³-hybridized carbons (Fsp3) is 0.909. The highest BCUT2D eigenvalue weighted by Crippen LogP contribution is 2.49. The van der Waals surface area contributed by atoms with E-state index in [9.17, 15) is 9.36 Å². The van der Waals surface area contributed by atoms with E-state index in [0.29, 0.717) is 19.6 Å². The average molecular weight is 282 g/mol. The molecule has 1 N–H and O–H groups in total. The zero-order valence-electron chi connectivity index (χ0n) is 11.3. The molecule has 0 heterocycles. The van der Waals surface area contributed by atoms with Crippen LogP contribution >= 0.6 is 7.60 Å². The maximum atomic E-state index is 12.1. The first-order chi connectivity index (χ1) is 8.47. The molecule has 0 aromatic rings. The Bertz CT molecular complexity index is 271. The van der Waals surface area contributed by atoms with Gasteiger partial charge in [0.15, 0.2) is 0 Å². The van der Waals surface area contributed by atoms with Gasteiger partial charge in [0.05, 0.1) is 26.0 Å². The minimum absolute atomic E-state index is 0.115. The van der Waals surface area contributed by atoms with Crippen molar-refractivity contribution < 1.29 is 28.3 Å². The summed E-state index contributed by atoms with van der Waals surface area (Å²) in [6.45, 7) is 5.40. The number of carbonyl (C=O) groups is 1. The van der Waals surface area contributed by atoms with Crippen LogP contribution in [0.1, 0.15) is 27.2 Å². The molecule has 6 nitrogen and oxygen atoms in total. The van der Waals surface area contributed by atoms with Gasteiger partial charge in [-0.3, -0.25) is 9.36 Å². The maximum Gasteiger partial charge on any atom is 0.330 e. The molecule has 0 radical (unpaired) electrons. The summed E-state index contributed by atoms with van der Waals surface area (Å²) in [5, 5.41) is 9.13. The van der Waals surface area contributed by atoms with Crippen molar-refractivity contribution in [2.75, 3.05) is 32.6 Å². The van der Waals surface area contributed by atoms with Crippen molar-refractivity contribution in [1.29, 1.82) is 0 Å². The Kier molecular flexibility index (Phi) is 9.28. The van der Waals surface area contributed by atoms with Crippen LogP contribution in [0.5, 0.6) is 0 Å². The third-order valence-electron chi connectivity index (χ3n) is 2.24. The summed E-state index contributed by atoms with van der Waals surface area (Å²) < 4.78 is 27.2. The van der Waals surface area contributed by atoms with E-state index < -0.39 is 13.6 Å². The summed E-state index contributed by atoms with van der Waals surface area (Å²) in [5.74, 6) is -0.644. The van der Waals surface area contributed by atoms with E-state index in [4.69, 9.17) is 18.9 Å². The van der Waals surface area contributed by atoms with Crippen molar-refractivity contribution in [3.05, 3.63) is 0 Å². The molecule has 0 aliphatic rings. The lowest BCUT2D eigenvalue weighted by Crippen LogP contribution is -2.18. The van der Waals surface area contributed by atoms with Gasteiger partial charge in [0.1, 0.15) is 0 Å². The highest BCUT2D eigenvalue weighted by Gasteiger charge is 2.25. The Morgan fingerprint density at radius 1 is 1.28 bits per heavy atom. The molecular formula is C11H23O6P. The molecule has 0 saturated heterocycles. The number of aliphatic hydroxyl groups is 1. The number of ether oxygens (including phenoxy) is 1. The van der Waals surface area contributed by atoms with Crippen LogP contribution in [0.15, 0.2) is 0 Å². The Hall–Kier alpha value is -0.420. The summed E-state index contributed by atoms with van der Waals surface area (Å²) in [4.78, 5) is 10.7. The number of aliphatic hydroxyl groups excluding tert-OH is 1. The second-order valence-corrected chi connectivity index (χ2v) is 6.00. The van der Waals surface area contributed by atoms with Crippen molar-refractivity contribution in [2.45, 2.75) is 27.2 Å². The predicted octanol–water partition coefficient (Wildman–Crippen LogP) is 1.81. The number of hydrogen-bond donors (Lipinski definition) is 1. The predicted molar refractivity (Wildman–Crippen MR) is 67.6 cm³/mol. The lowest BCUT2D eigenvalue weighted by molar-refractivity contribution is -0.142. The van der Waals surface area contributed by atoms with E-state index in [1.54, 1.807) is 13.8 Å². The van der Waals surface area contributed by atoms with E-state index >= 15 is 0 Å². The quantitative estimate of drug-likeness (QED) is 0.486. The van der Waals surface area contributed by atoms with Crippen molar-refractivity contribution >= 4 is 13.6 Å². The molecule has 0 saturated carbocycles. The molecule has 0 spiro atoms. The standard InChI is InChI=1S/C11H23O6P/c1-4-16-18(14,17-5-2)7-6-11(8-12)9-15-10(3)13/h11-12H,4-9H2,1-3H3. The van der Waals surface area contributed by atoms with E-state index in [2.05, 4.69) is 0 Å². The minimum atomic E-state index is -3.09. The van der Waals surface area contributed by atoms with Crippen LogP contribution in [0.3, 0.4) is 0 Å². The minimum Gasteiger partial charge on any atom is -0.465 e. The van der Waals surface area contributed by atoms with Gasteiger partial charge in [-0.05, 0) is 20.3 Å². The summed E-state index contributed by atoms with van der Waals surface area (Å²) >= 11 is 0. The normalized spacial score (nSPS) is 13.3. The first kappa shape index (κ1) is 17.6. The first-order valence-corrected chi connectivity index (χ1v) is 7.82. The second-order valence-electron chi connectivity index (χ2n) is 3.81. The van der Waals surface area contributed by atoms with Crippen LogP contribution < -0.4 is 0 Å². The SMILES string of the molecule is CCOP(=O)(CCC(CO)COC(C)=O)OCC. The van der Waals surface area contributed by atoms with Gasteiger partial charge in [0, 0.05) is 19.4 Å². The lowest BCUT2D eigenvalue weighted by atomic mass is 10.1. The van der Waals surface area contributed by atoms with Gasteiger partial charge in [-0.2, -0.15) is 0 Å². The first-order valence-electron chi connectivity index (χ1n) is 6.09. The molecule has 0 aliphatic carbocycles. The molecule has 0 amide bonds. The Morgan fingerprint density at radius 2 is 1.83 bits per heavy atom. The molecule has 0 aromatic heterocycles. The van der Waals surface area contributed by atoms with Gasteiger partial charge in [0.2, 0.25) is 0 Å². The lowest BCUT2D eigenvalue weighted by Gasteiger charge is -2.19. The smallest absolute Gasteiger partial charge is 0.330 e. The molecule has 0 fully saturated rings. The molecule has 7 heteroatoms. The highest BCUT2D eigenvalue weighted by molar-refractivity contribution is 7.53. The number of hydrogen-bond acceptors (Lipinski definition) is 6. The summed E-state index contributed by atoms with van der Waals surface area (Å²) in [5.41, 5.74) is 0. The van der Waals surface area contributed by atoms with E-state index in [-0.39, 0.29) is 25.3 Å². The molecule has 0 aliphatic heterocycles. The summed E-state index contributed by atoms with van der Waals surface area (Å²) in [7, 11) is -3.09. The third-order valence-corrected chi connectivity index (χ3v) is 4.35. The topological polar surface area (TPSA) is 82.1 Å². The van der Waals surface area contributed by atoms with Gasteiger partial charge in [-0.15, -0.1) is 0 Å². The molecule has 0 bridgehead atoms. The van der Waals surface area contributed by atoms with Crippen LogP contribution in [0, 0.1) is 5.92 Å². The number of rotatable bonds is 10. The van der Waals surface area contributed by atoms with Crippen LogP contribution in [-0.4, -0.2) is 43.7 Å². The van der Waals surface area contributed by atoms with Crippen molar-refractivity contribution in [3.8, 4) is 0 Å². The number of esters is 1. The summed E-state index contributed by atoms with van der Waals surface area (Å²) in [6, 6.07) is 0. The van der Waals surface area contributed by atoms with Gasteiger partial charge in [-0.1, -0.05) is 0 Å². The Balaban J connectivity index is 4.21. The molecule has 1 atom stereocenters. The van der Waals surface area contributed by atoms with E-state index in [1.165, 1.54) is 6.92 Å². The third kappa shape index (κ3) is 7.82. The Morgan fingerprint density at radius 3 is 2.22 bits per heavy atom. The van der Waals surface area contributed by atoms with Crippen molar-refractivity contribution in [2.24, 2.45) is 5.92 Å². The fourth-order valence-electron chi connectivity index (χ4n) is 1.36.